The molecule has 1 spiro atoms. The first-order valence-electron chi connectivity index (χ1n) is 11.5. The molecular formula is C25H29N3O5. The van der Waals surface area contributed by atoms with Gasteiger partial charge in [0.05, 0.1) is 6.54 Å². The number of imide groups is 1. The smallest absolute Gasteiger partial charge is 0.325 e. The summed E-state index contributed by atoms with van der Waals surface area (Å²) >= 11 is 0. The maximum absolute atomic E-state index is 13.2. The van der Waals surface area contributed by atoms with Crippen LogP contribution in [-0.2, 0) is 11.3 Å². The van der Waals surface area contributed by atoms with Gasteiger partial charge < -0.3 is 19.4 Å². The molecule has 2 fully saturated rings. The number of carbonyl (C=O) groups excluding carboxylic acids is 3. The molecule has 1 aromatic carbocycles. The first-order chi connectivity index (χ1) is 15.8. The van der Waals surface area contributed by atoms with Crippen molar-refractivity contribution in [2.24, 2.45) is 5.92 Å². The van der Waals surface area contributed by atoms with Crippen LogP contribution < -0.4 is 14.8 Å². The van der Waals surface area contributed by atoms with E-state index in [2.05, 4.69) is 9.88 Å². The van der Waals surface area contributed by atoms with Gasteiger partial charge >= 0.3 is 6.03 Å². The lowest BCUT2D eigenvalue weighted by molar-refractivity contribution is -0.133. The van der Waals surface area contributed by atoms with Crippen molar-refractivity contribution in [2.45, 2.75) is 58.5 Å². The molecule has 2 atom stereocenters. The summed E-state index contributed by atoms with van der Waals surface area (Å²) in [5, 5.41) is 2.92. The number of ketones is 1. The predicted octanol–water partition coefficient (Wildman–Crippen LogP) is 3.57. The van der Waals surface area contributed by atoms with Crippen LogP contribution in [0.5, 0.6) is 11.5 Å². The van der Waals surface area contributed by atoms with Gasteiger partial charge in [-0.15, -0.1) is 0 Å². The Labute approximate surface area is 192 Å². The lowest BCUT2D eigenvalue weighted by Crippen LogP contribution is -2.54. The molecule has 1 saturated heterocycles. The van der Waals surface area contributed by atoms with Crippen molar-refractivity contribution in [3.63, 3.8) is 0 Å². The lowest BCUT2D eigenvalue weighted by Gasteiger charge is -2.36. The fourth-order valence-corrected chi connectivity index (χ4v) is 5.42. The molecule has 1 aliphatic carbocycles. The molecule has 2 aromatic rings. The molecule has 0 bridgehead atoms. The fraction of sp³-hybridized carbons (Fsp3) is 0.480. The zero-order chi connectivity index (χ0) is 23.3. The number of urea groups is 1. The van der Waals surface area contributed by atoms with E-state index < -0.39 is 11.6 Å². The van der Waals surface area contributed by atoms with E-state index in [1.807, 2.05) is 45.0 Å². The molecule has 1 N–H and O–H groups in total. The third kappa shape index (κ3) is 3.48. The van der Waals surface area contributed by atoms with Crippen molar-refractivity contribution in [3.8, 4) is 11.5 Å². The Balaban J connectivity index is 1.34. The lowest BCUT2D eigenvalue weighted by atomic mass is 9.73. The van der Waals surface area contributed by atoms with E-state index in [1.165, 1.54) is 0 Å². The summed E-state index contributed by atoms with van der Waals surface area (Å²) in [6.07, 6.45) is 3.49. The molecule has 8 heteroatoms. The Morgan fingerprint density at radius 2 is 1.94 bits per heavy atom. The highest BCUT2D eigenvalue weighted by molar-refractivity contribution is 6.11. The van der Waals surface area contributed by atoms with E-state index in [4.69, 9.17) is 9.47 Å². The molecule has 1 aromatic heterocycles. The number of rotatable bonds is 5. The van der Waals surface area contributed by atoms with Crippen LogP contribution in [0.2, 0.25) is 0 Å². The summed E-state index contributed by atoms with van der Waals surface area (Å²) in [6, 6.07) is 7.18. The second kappa shape index (κ2) is 7.93. The second-order valence-electron chi connectivity index (χ2n) is 9.42. The van der Waals surface area contributed by atoms with E-state index in [9.17, 15) is 14.4 Å². The molecule has 33 heavy (non-hydrogen) atoms. The monoisotopic (exact) mass is 451 g/mol. The molecule has 8 nitrogen and oxygen atoms in total. The number of aromatic nitrogens is 1. The van der Waals surface area contributed by atoms with E-state index in [0.29, 0.717) is 18.5 Å². The molecular weight excluding hydrogens is 422 g/mol. The molecule has 0 unspecified atom stereocenters. The molecule has 3 heterocycles. The average Bonchev–Trinajstić information content (AvgIpc) is 3.43. The van der Waals surface area contributed by atoms with Gasteiger partial charge in [-0.25, -0.2) is 4.79 Å². The first-order valence-corrected chi connectivity index (χ1v) is 11.5. The van der Waals surface area contributed by atoms with E-state index in [0.717, 1.165) is 52.6 Å². The normalized spacial score (nSPS) is 24.0. The molecule has 5 rings (SSSR count). The van der Waals surface area contributed by atoms with E-state index in [-0.39, 0.29) is 30.9 Å². The summed E-state index contributed by atoms with van der Waals surface area (Å²) in [4.78, 5) is 40.2. The molecule has 1 saturated carbocycles. The summed E-state index contributed by atoms with van der Waals surface area (Å²) in [5.41, 5.74) is 2.45. The Bertz CT molecular complexity index is 1150. The average molecular weight is 452 g/mol. The van der Waals surface area contributed by atoms with Gasteiger partial charge in [0.1, 0.15) is 5.54 Å². The number of hydrogen-bond acceptors (Lipinski definition) is 5. The summed E-state index contributed by atoms with van der Waals surface area (Å²) in [6.45, 7) is 6.40. The number of nitrogens with one attached hydrogen (secondary N) is 1. The van der Waals surface area contributed by atoms with Gasteiger partial charge in [-0.05, 0) is 56.4 Å². The highest BCUT2D eigenvalue weighted by Gasteiger charge is 2.55. The topological polar surface area (TPSA) is 89.9 Å². The minimum atomic E-state index is -0.855. The summed E-state index contributed by atoms with van der Waals surface area (Å²) in [7, 11) is 0. The van der Waals surface area contributed by atoms with Gasteiger partial charge in [0, 0.05) is 23.5 Å². The van der Waals surface area contributed by atoms with Crippen molar-refractivity contribution >= 4 is 17.7 Å². The Morgan fingerprint density at radius 1 is 1.15 bits per heavy atom. The van der Waals surface area contributed by atoms with Crippen LogP contribution in [0, 0.1) is 19.8 Å². The quantitative estimate of drug-likeness (QED) is 0.555. The molecule has 0 radical (unpaired) electrons. The number of fused-ring (bicyclic) bond motifs is 1. The number of benzene rings is 1. The van der Waals surface area contributed by atoms with Crippen molar-refractivity contribution < 1.29 is 23.9 Å². The standard InChI is InChI=1S/C25H29N3O5/c1-15-6-4-5-9-25(15)23(30)28(24(31)26-25)13-20(29)19-10-16(2)27(17(19)3)12-18-7-8-21-22(11-18)33-14-32-21/h7-8,10-11,15H,4-6,9,12-14H2,1-3H3,(H,26,31)/t15-,25+/m0/s1. The summed E-state index contributed by atoms with van der Waals surface area (Å²) in [5.74, 6) is 1.02. The Kier molecular flexibility index (Phi) is 5.18. The molecule has 3 aliphatic rings. The minimum Gasteiger partial charge on any atom is -0.454 e. The SMILES string of the molecule is Cc1cc(C(=O)CN2C(=O)N[C@@]3(CCCC[C@@H]3C)C2=O)c(C)n1Cc1ccc2c(c1)OCO2. The Hall–Kier alpha value is -3.29. The van der Waals surface area contributed by atoms with Crippen molar-refractivity contribution in [3.05, 3.63) is 46.8 Å². The van der Waals surface area contributed by atoms with E-state index in [1.54, 1.807) is 0 Å². The largest absolute Gasteiger partial charge is 0.454 e. The van der Waals surface area contributed by atoms with Gasteiger partial charge in [-0.2, -0.15) is 0 Å². The van der Waals surface area contributed by atoms with Gasteiger partial charge in [0.25, 0.3) is 5.91 Å². The fourth-order valence-electron chi connectivity index (χ4n) is 5.42. The summed E-state index contributed by atoms with van der Waals surface area (Å²) < 4.78 is 12.9. The number of carbonyl (C=O) groups is 3. The second-order valence-corrected chi connectivity index (χ2v) is 9.42. The number of Topliss-reactive ketones (excluding diaryl/α,β-unsaturated/α-hetero) is 1. The van der Waals surface area contributed by atoms with Crippen molar-refractivity contribution in [1.29, 1.82) is 0 Å². The predicted molar refractivity (Wildman–Crippen MR) is 121 cm³/mol. The number of hydrogen-bond donors (Lipinski definition) is 1. The van der Waals surface area contributed by atoms with Crippen LogP contribution in [0.15, 0.2) is 24.3 Å². The van der Waals surface area contributed by atoms with Gasteiger partial charge in [-0.1, -0.05) is 25.8 Å². The van der Waals surface area contributed by atoms with Gasteiger partial charge in [-0.3, -0.25) is 14.5 Å². The Morgan fingerprint density at radius 3 is 2.73 bits per heavy atom. The van der Waals surface area contributed by atoms with Gasteiger partial charge in [0.15, 0.2) is 17.3 Å². The molecule has 3 amide bonds. The molecule has 174 valence electrons. The third-order valence-electron chi connectivity index (χ3n) is 7.45. The van der Waals surface area contributed by atoms with Crippen LogP contribution >= 0.6 is 0 Å². The molecule has 2 aliphatic heterocycles. The van der Waals surface area contributed by atoms with Crippen LogP contribution in [0.4, 0.5) is 4.79 Å². The number of aryl methyl sites for hydroxylation is 1. The maximum Gasteiger partial charge on any atom is 0.325 e. The van der Waals surface area contributed by atoms with Crippen LogP contribution in [0.25, 0.3) is 0 Å². The first kappa shape index (κ1) is 21.6. The van der Waals surface area contributed by atoms with Crippen LogP contribution in [0.1, 0.15) is 59.9 Å². The number of amides is 3. The van der Waals surface area contributed by atoms with Crippen molar-refractivity contribution in [2.75, 3.05) is 13.3 Å². The van der Waals surface area contributed by atoms with Crippen LogP contribution in [-0.4, -0.2) is 46.1 Å². The third-order valence-corrected chi connectivity index (χ3v) is 7.45. The highest BCUT2D eigenvalue weighted by Crippen LogP contribution is 2.38. The number of nitrogens with zero attached hydrogens (tertiary/aromatic N) is 2. The minimum absolute atomic E-state index is 0.0644. The number of ether oxygens (including phenoxy) is 2. The van der Waals surface area contributed by atoms with Crippen molar-refractivity contribution in [1.82, 2.24) is 14.8 Å². The maximum atomic E-state index is 13.2. The van der Waals surface area contributed by atoms with E-state index >= 15 is 0 Å². The van der Waals surface area contributed by atoms with Gasteiger partial charge in [0.2, 0.25) is 6.79 Å². The highest BCUT2D eigenvalue weighted by atomic mass is 16.7. The zero-order valence-corrected chi connectivity index (χ0v) is 19.3. The zero-order valence-electron chi connectivity index (χ0n) is 19.3. The van der Waals surface area contributed by atoms with Crippen LogP contribution in [0.3, 0.4) is 0 Å².